The maximum atomic E-state index is 13.9. The number of carboxylic acids is 1. The van der Waals surface area contributed by atoms with Crippen LogP contribution in [0, 0.1) is 5.82 Å². The smallest absolute Gasteiger partial charge is 0.307 e. The monoisotopic (exact) mass is 559 g/mol. The number of halogens is 1. The summed E-state index contributed by atoms with van der Waals surface area (Å²) < 4.78 is 13.9. The summed E-state index contributed by atoms with van der Waals surface area (Å²) in [6.07, 6.45) is -0.124. The number of anilines is 3. The third-order valence-corrected chi connectivity index (χ3v) is 6.81. The third kappa shape index (κ3) is 7.36. The highest BCUT2D eigenvalue weighted by Crippen LogP contribution is 2.38. The average Bonchev–Trinajstić information content (AvgIpc) is 3.25. The van der Waals surface area contributed by atoms with E-state index in [1.807, 2.05) is 50.3 Å². The van der Waals surface area contributed by atoms with E-state index in [1.54, 1.807) is 42.3 Å². The van der Waals surface area contributed by atoms with Crippen LogP contribution in [-0.2, 0) is 20.8 Å². The number of rotatable bonds is 11. The maximum absolute atomic E-state index is 13.9. The molecule has 0 radical (unpaired) electrons. The summed E-state index contributed by atoms with van der Waals surface area (Å²) in [7, 11) is 7.63. The zero-order chi connectivity index (χ0) is 29.7. The normalized spacial score (nSPS) is 13.7. The Morgan fingerprint density at radius 1 is 0.927 bits per heavy atom. The molecule has 0 atom stereocenters. The Labute approximate surface area is 238 Å². The van der Waals surface area contributed by atoms with E-state index in [0.29, 0.717) is 45.0 Å². The van der Waals surface area contributed by atoms with E-state index in [4.69, 9.17) is 5.11 Å². The Balaban J connectivity index is 1.61. The van der Waals surface area contributed by atoms with Crippen molar-refractivity contribution in [1.82, 2.24) is 9.80 Å². The molecule has 214 valence electrons. The number of carbonyl (C=O) groups excluding carboxylic acids is 2. The van der Waals surface area contributed by atoms with Gasteiger partial charge in [0.15, 0.2) is 0 Å². The highest BCUT2D eigenvalue weighted by molar-refractivity contribution is 6.37. The Hall–Kier alpha value is -4.54. The van der Waals surface area contributed by atoms with E-state index < -0.39 is 11.8 Å². The van der Waals surface area contributed by atoms with Crippen LogP contribution in [0.4, 0.5) is 21.5 Å². The van der Waals surface area contributed by atoms with E-state index >= 15 is 0 Å². The molecule has 1 aliphatic rings. The summed E-state index contributed by atoms with van der Waals surface area (Å²) in [6.45, 7) is 1.91. The molecule has 0 spiro atoms. The van der Waals surface area contributed by atoms with E-state index in [1.165, 1.54) is 12.1 Å². The van der Waals surface area contributed by atoms with E-state index in [9.17, 15) is 18.8 Å². The molecule has 0 saturated heterocycles. The second-order valence-corrected chi connectivity index (χ2v) is 10.3. The van der Waals surface area contributed by atoms with Crippen molar-refractivity contribution in [1.29, 1.82) is 0 Å². The number of aliphatic carboxylic acids is 1. The molecule has 1 heterocycles. The van der Waals surface area contributed by atoms with Crippen molar-refractivity contribution in [3.05, 3.63) is 89.2 Å². The van der Waals surface area contributed by atoms with Crippen LogP contribution in [0.5, 0.6) is 0 Å². The molecule has 3 aromatic carbocycles. The predicted molar refractivity (Wildman–Crippen MR) is 159 cm³/mol. The van der Waals surface area contributed by atoms with Crippen LogP contribution in [0.1, 0.15) is 16.7 Å². The Bertz CT molecular complexity index is 1470. The summed E-state index contributed by atoms with van der Waals surface area (Å²) in [4.78, 5) is 42.7. The second-order valence-electron chi connectivity index (χ2n) is 10.3. The third-order valence-electron chi connectivity index (χ3n) is 6.81. The molecule has 9 nitrogen and oxygen atoms in total. The average molecular weight is 560 g/mol. The molecule has 3 aromatic rings. The Morgan fingerprint density at radius 3 is 2.24 bits per heavy atom. The number of amides is 2. The number of fused-ring (bicyclic) bond motifs is 1. The van der Waals surface area contributed by atoms with Crippen molar-refractivity contribution >= 4 is 46.1 Å². The van der Waals surface area contributed by atoms with Crippen LogP contribution in [0.3, 0.4) is 0 Å². The minimum Gasteiger partial charge on any atom is -0.481 e. The Kier molecular flexibility index (Phi) is 9.16. The van der Waals surface area contributed by atoms with E-state index in [-0.39, 0.29) is 24.8 Å². The van der Waals surface area contributed by atoms with Crippen molar-refractivity contribution in [2.45, 2.75) is 6.42 Å². The molecule has 3 N–H and O–H groups in total. The zero-order valence-corrected chi connectivity index (χ0v) is 23.6. The summed E-state index contributed by atoms with van der Waals surface area (Å²) in [6, 6.07) is 18.3. The van der Waals surface area contributed by atoms with Crippen molar-refractivity contribution < 1.29 is 23.9 Å². The minimum absolute atomic E-state index is 0.0392. The molecule has 41 heavy (non-hydrogen) atoms. The van der Waals surface area contributed by atoms with Gasteiger partial charge in [0.25, 0.3) is 5.91 Å². The first kappa shape index (κ1) is 29.4. The number of nitrogens with one attached hydrogen (secondary N) is 2. The lowest BCUT2D eigenvalue weighted by molar-refractivity contribution is -0.136. The quantitative estimate of drug-likeness (QED) is 0.307. The van der Waals surface area contributed by atoms with Crippen LogP contribution in [0.15, 0.2) is 66.7 Å². The second kappa shape index (κ2) is 12.8. The number of carboxylic acid groups (broad SMARTS) is 1. The van der Waals surface area contributed by atoms with Gasteiger partial charge in [0, 0.05) is 37.1 Å². The fraction of sp³-hybridized carbons (Fsp3) is 0.258. The van der Waals surface area contributed by atoms with E-state index in [0.717, 1.165) is 13.1 Å². The van der Waals surface area contributed by atoms with Gasteiger partial charge in [-0.1, -0.05) is 24.3 Å². The van der Waals surface area contributed by atoms with Gasteiger partial charge in [0.1, 0.15) is 5.82 Å². The van der Waals surface area contributed by atoms with Crippen LogP contribution in [-0.4, -0.2) is 80.5 Å². The maximum Gasteiger partial charge on any atom is 0.307 e. The predicted octanol–water partition coefficient (Wildman–Crippen LogP) is 3.84. The standard InChI is InChI=1S/C31H34FN5O4/c1-35(2)15-16-36(3)19-27(38)37(4)24-12-10-23(11-13-24)33-30(21-7-5-20(6-8-21)17-28(39)40)29-25-14-9-22(32)18-26(25)34-31(29)41/h5-14,18,33H,15-17,19H2,1-4H3,(H,34,41)(H,39,40). The van der Waals surface area contributed by atoms with Crippen LogP contribution < -0.4 is 15.5 Å². The van der Waals surface area contributed by atoms with Crippen LogP contribution in [0.25, 0.3) is 11.3 Å². The molecule has 0 unspecified atom stereocenters. The molecular formula is C31H34FN5O4. The van der Waals surface area contributed by atoms with Gasteiger partial charge in [0.2, 0.25) is 5.91 Å². The molecule has 10 heteroatoms. The van der Waals surface area contributed by atoms with Crippen molar-refractivity contribution in [2.75, 3.05) is 63.4 Å². The first-order chi connectivity index (χ1) is 19.5. The highest BCUT2D eigenvalue weighted by atomic mass is 19.1. The number of hydrogen-bond acceptors (Lipinski definition) is 6. The van der Waals surface area contributed by atoms with E-state index in [2.05, 4.69) is 15.5 Å². The lowest BCUT2D eigenvalue weighted by Gasteiger charge is -2.23. The fourth-order valence-electron chi connectivity index (χ4n) is 4.48. The number of benzene rings is 3. The lowest BCUT2D eigenvalue weighted by Crippen LogP contribution is -2.39. The van der Waals surface area contributed by atoms with Gasteiger partial charge in [-0.3, -0.25) is 19.3 Å². The largest absolute Gasteiger partial charge is 0.481 e. The molecule has 1 aliphatic heterocycles. The molecule has 4 rings (SSSR count). The fourth-order valence-corrected chi connectivity index (χ4v) is 4.48. The van der Waals surface area contributed by atoms with Crippen molar-refractivity contribution in [3.8, 4) is 0 Å². The van der Waals surface area contributed by atoms with Crippen LogP contribution in [0.2, 0.25) is 0 Å². The summed E-state index contributed by atoms with van der Waals surface area (Å²) in [5.74, 6) is -1.83. The van der Waals surface area contributed by atoms with Crippen molar-refractivity contribution in [2.24, 2.45) is 0 Å². The first-order valence-electron chi connectivity index (χ1n) is 13.2. The molecule has 2 amide bonds. The number of hydrogen-bond donors (Lipinski definition) is 3. The van der Waals surface area contributed by atoms with Gasteiger partial charge in [0.05, 0.1) is 29.9 Å². The number of carbonyl (C=O) groups is 3. The van der Waals surface area contributed by atoms with Gasteiger partial charge in [-0.25, -0.2) is 4.39 Å². The lowest BCUT2D eigenvalue weighted by atomic mass is 9.98. The molecular weight excluding hydrogens is 525 g/mol. The van der Waals surface area contributed by atoms with Gasteiger partial charge in [-0.05, 0) is 74.7 Å². The topological polar surface area (TPSA) is 105 Å². The molecule has 0 fully saturated rings. The molecule has 0 aliphatic carbocycles. The number of likely N-dealkylation sites (N-methyl/N-ethyl adjacent to an activating group) is 3. The number of nitrogens with zero attached hydrogens (tertiary/aromatic N) is 3. The SMILES string of the molecule is CN(C)CCN(C)CC(=O)N(C)c1ccc(NC(=C2C(=O)Nc3cc(F)ccc32)c2ccc(CC(=O)O)cc2)cc1. The van der Waals surface area contributed by atoms with Gasteiger partial charge in [-0.2, -0.15) is 0 Å². The Morgan fingerprint density at radius 2 is 1.61 bits per heavy atom. The van der Waals surface area contributed by atoms with Gasteiger partial charge < -0.3 is 25.5 Å². The van der Waals surface area contributed by atoms with Gasteiger partial charge in [-0.15, -0.1) is 0 Å². The molecule has 0 saturated carbocycles. The molecule has 0 aromatic heterocycles. The summed E-state index contributed by atoms with van der Waals surface area (Å²) >= 11 is 0. The zero-order valence-electron chi connectivity index (χ0n) is 23.6. The van der Waals surface area contributed by atoms with Gasteiger partial charge >= 0.3 is 5.97 Å². The minimum atomic E-state index is -0.940. The molecule has 0 bridgehead atoms. The first-order valence-corrected chi connectivity index (χ1v) is 13.2. The van der Waals surface area contributed by atoms with Crippen molar-refractivity contribution in [3.63, 3.8) is 0 Å². The highest BCUT2D eigenvalue weighted by Gasteiger charge is 2.29. The summed E-state index contributed by atoms with van der Waals surface area (Å²) in [5, 5.41) is 15.2. The summed E-state index contributed by atoms with van der Waals surface area (Å²) in [5.41, 5.74) is 4.39. The van der Waals surface area contributed by atoms with Crippen LogP contribution >= 0.6 is 0 Å².